The lowest BCUT2D eigenvalue weighted by Gasteiger charge is -2.16. The summed E-state index contributed by atoms with van der Waals surface area (Å²) >= 11 is 0. The third-order valence-corrected chi connectivity index (χ3v) is 7.73. The van der Waals surface area contributed by atoms with Crippen LogP contribution in [0.15, 0.2) is 126 Å². The fourth-order valence-electron chi connectivity index (χ4n) is 5.97. The maximum Gasteiger partial charge on any atom is 0.137 e. The zero-order valence-corrected chi connectivity index (χ0v) is 20.8. The van der Waals surface area contributed by atoms with E-state index in [0.717, 1.165) is 23.6 Å². The molecule has 4 nitrogen and oxygen atoms in total. The van der Waals surface area contributed by atoms with Crippen molar-refractivity contribution in [2.24, 2.45) is 4.99 Å². The quantitative estimate of drug-likeness (QED) is 0.243. The van der Waals surface area contributed by atoms with Crippen molar-refractivity contribution < 1.29 is 0 Å². The van der Waals surface area contributed by atoms with E-state index in [0.29, 0.717) is 6.54 Å². The number of para-hydroxylation sites is 4. The molecule has 0 saturated heterocycles. The van der Waals surface area contributed by atoms with Gasteiger partial charge in [0, 0.05) is 34.2 Å². The Morgan fingerprint density at radius 1 is 0.526 bits per heavy atom. The van der Waals surface area contributed by atoms with Crippen molar-refractivity contribution in [3.8, 4) is 5.82 Å². The smallest absolute Gasteiger partial charge is 0.137 e. The summed E-state index contributed by atoms with van der Waals surface area (Å²) < 4.78 is 4.57. The molecule has 0 unspecified atom stereocenters. The number of nitrogens with zero attached hydrogens (tertiary/aromatic N) is 4. The molecule has 0 atom stereocenters. The van der Waals surface area contributed by atoms with E-state index in [9.17, 15) is 0 Å². The lowest BCUT2D eigenvalue weighted by atomic mass is 10.0. The number of allylic oxidation sites excluding steroid dienone is 1. The molecule has 4 heterocycles. The Bertz CT molecular complexity index is 1960. The molecule has 1 aliphatic rings. The summed E-state index contributed by atoms with van der Waals surface area (Å²) in [6, 6.07) is 38.6. The van der Waals surface area contributed by atoms with Crippen LogP contribution < -0.4 is 0 Å². The first kappa shape index (κ1) is 21.2. The lowest BCUT2D eigenvalue weighted by molar-refractivity contribution is 1.06. The van der Waals surface area contributed by atoms with Crippen molar-refractivity contribution in [2.45, 2.75) is 6.42 Å². The number of fused-ring (bicyclic) bond motifs is 6. The van der Waals surface area contributed by atoms with Crippen LogP contribution in [0, 0.1) is 0 Å². The molecule has 0 amide bonds. The maximum absolute atomic E-state index is 5.06. The van der Waals surface area contributed by atoms with Gasteiger partial charge in [0.2, 0.25) is 0 Å². The molecule has 0 fully saturated rings. The highest BCUT2D eigenvalue weighted by Crippen LogP contribution is 2.33. The highest BCUT2D eigenvalue weighted by atomic mass is 15.1. The van der Waals surface area contributed by atoms with Gasteiger partial charge in [0.15, 0.2) is 0 Å². The van der Waals surface area contributed by atoms with Crippen molar-refractivity contribution in [2.75, 3.05) is 6.54 Å². The number of dihydropyridines is 1. The van der Waals surface area contributed by atoms with Crippen molar-refractivity contribution in [1.82, 2.24) is 14.1 Å². The predicted molar refractivity (Wildman–Crippen MR) is 158 cm³/mol. The average Bonchev–Trinajstić information content (AvgIpc) is 3.51. The van der Waals surface area contributed by atoms with E-state index in [1.54, 1.807) is 0 Å². The van der Waals surface area contributed by atoms with E-state index in [1.807, 2.05) is 6.20 Å². The van der Waals surface area contributed by atoms with Gasteiger partial charge in [-0.15, -0.1) is 0 Å². The normalized spacial score (nSPS) is 13.9. The van der Waals surface area contributed by atoms with Crippen LogP contribution in [0.3, 0.4) is 0 Å². The van der Waals surface area contributed by atoms with Gasteiger partial charge in [-0.05, 0) is 47.5 Å². The summed E-state index contributed by atoms with van der Waals surface area (Å²) in [5.41, 5.74) is 7.11. The van der Waals surface area contributed by atoms with Crippen molar-refractivity contribution >= 4 is 55.0 Å². The van der Waals surface area contributed by atoms with E-state index in [4.69, 9.17) is 9.98 Å². The van der Waals surface area contributed by atoms with Gasteiger partial charge in [-0.1, -0.05) is 78.9 Å². The third kappa shape index (κ3) is 3.10. The Balaban J connectivity index is 1.14. The Kier molecular flexibility index (Phi) is 4.61. The highest BCUT2D eigenvalue weighted by Gasteiger charge is 2.17. The van der Waals surface area contributed by atoms with Gasteiger partial charge in [-0.3, -0.25) is 14.1 Å². The Labute approximate surface area is 219 Å². The van der Waals surface area contributed by atoms with Crippen molar-refractivity contribution in [3.63, 3.8) is 0 Å². The molecule has 8 rings (SSSR count). The van der Waals surface area contributed by atoms with Gasteiger partial charge in [0.25, 0.3) is 0 Å². The SMILES string of the molecule is C1=C(c2ccc(-n3c4ccccc4c4ccccc43)nc2)CN=C(n2c3ccccc3c3ccccc32)C1. The molecule has 0 spiro atoms. The van der Waals surface area contributed by atoms with Crippen LogP contribution in [-0.2, 0) is 0 Å². The Morgan fingerprint density at radius 3 is 1.47 bits per heavy atom. The second-order valence-electron chi connectivity index (χ2n) is 9.81. The fraction of sp³-hybridized carbons (Fsp3) is 0.0588. The molecule has 4 aromatic carbocycles. The van der Waals surface area contributed by atoms with Crippen LogP contribution in [0.25, 0.3) is 55.0 Å². The number of hydrogen-bond acceptors (Lipinski definition) is 2. The van der Waals surface area contributed by atoms with E-state index in [-0.39, 0.29) is 0 Å². The molecule has 0 radical (unpaired) electrons. The van der Waals surface area contributed by atoms with Crippen LogP contribution in [0.1, 0.15) is 12.0 Å². The van der Waals surface area contributed by atoms with Gasteiger partial charge in [-0.2, -0.15) is 0 Å². The minimum atomic E-state index is 0.645. The standard InChI is InChI=1S/C34H24N4/c1-5-13-29-25(9-1)26-10-2-6-14-30(26)37(29)33-19-17-23(21-35-33)24-18-20-34(36-22-24)38-31-15-7-3-11-27(31)28-12-4-8-16-32(28)38/h1-19,21H,20,22H2. The molecule has 7 aromatic rings. The monoisotopic (exact) mass is 488 g/mol. The molecule has 0 saturated carbocycles. The molecule has 4 heteroatoms. The number of aromatic nitrogens is 3. The highest BCUT2D eigenvalue weighted by molar-refractivity contribution is 6.14. The van der Waals surface area contributed by atoms with E-state index in [1.165, 1.54) is 49.2 Å². The van der Waals surface area contributed by atoms with Gasteiger partial charge >= 0.3 is 0 Å². The molecule has 0 aliphatic carbocycles. The van der Waals surface area contributed by atoms with Crippen LogP contribution in [-0.4, -0.2) is 26.5 Å². The molecule has 0 bridgehead atoms. The summed E-state index contributed by atoms with van der Waals surface area (Å²) in [6.45, 7) is 0.645. The van der Waals surface area contributed by atoms with Gasteiger partial charge in [0.1, 0.15) is 11.7 Å². The van der Waals surface area contributed by atoms with E-state index in [2.05, 4.69) is 124 Å². The summed E-state index contributed by atoms with van der Waals surface area (Å²) in [5.74, 6) is 2.01. The predicted octanol–water partition coefficient (Wildman–Crippen LogP) is 8.02. The van der Waals surface area contributed by atoms with Gasteiger partial charge < -0.3 is 0 Å². The first-order valence-electron chi connectivity index (χ1n) is 13.0. The minimum absolute atomic E-state index is 0.645. The van der Waals surface area contributed by atoms with Crippen LogP contribution >= 0.6 is 0 Å². The van der Waals surface area contributed by atoms with Crippen LogP contribution in [0.4, 0.5) is 0 Å². The third-order valence-electron chi connectivity index (χ3n) is 7.73. The Morgan fingerprint density at radius 2 is 1.03 bits per heavy atom. The summed E-state index contributed by atoms with van der Waals surface area (Å²) in [7, 11) is 0. The molecule has 3 aromatic heterocycles. The van der Waals surface area contributed by atoms with Crippen molar-refractivity contribution in [1.29, 1.82) is 0 Å². The summed E-state index contributed by atoms with van der Waals surface area (Å²) in [4.78, 5) is 9.98. The van der Waals surface area contributed by atoms with Crippen LogP contribution in [0.5, 0.6) is 0 Å². The first-order valence-corrected chi connectivity index (χ1v) is 13.0. The zero-order valence-electron chi connectivity index (χ0n) is 20.8. The number of pyridine rings is 1. The number of hydrogen-bond donors (Lipinski definition) is 0. The average molecular weight is 489 g/mol. The minimum Gasteiger partial charge on any atom is -0.297 e. The Hall–Kier alpha value is -4.96. The first-order chi connectivity index (χ1) is 18.9. The van der Waals surface area contributed by atoms with Crippen LogP contribution in [0.2, 0.25) is 0 Å². The number of benzene rings is 4. The second-order valence-corrected chi connectivity index (χ2v) is 9.81. The zero-order chi connectivity index (χ0) is 25.1. The molecular weight excluding hydrogens is 464 g/mol. The summed E-state index contributed by atoms with van der Waals surface area (Å²) in [6.07, 6.45) is 5.08. The van der Waals surface area contributed by atoms with Gasteiger partial charge in [0.05, 0.1) is 28.6 Å². The molecule has 38 heavy (non-hydrogen) atoms. The molecule has 0 N–H and O–H groups in total. The van der Waals surface area contributed by atoms with Crippen molar-refractivity contribution in [3.05, 3.63) is 127 Å². The second kappa shape index (κ2) is 8.29. The lowest BCUT2D eigenvalue weighted by Crippen LogP contribution is -2.15. The summed E-state index contributed by atoms with van der Waals surface area (Å²) in [5, 5.41) is 5.03. The van der Waals surface area contributed by atoms with Gasteiger partial charge in [-0.25, -0.2) is 4.98 Å². The molecule has 180 valence electrons. The molecule has 1 aliphatic heterocycles. The fourth-order valence-corrected chi connectivity index (χ4v) is 5.97. The number of rotatable bonds is 2. The topological polar surface area (TPSA) is 35.1 Å². The maximum atomic E-state index is 5.06. The largest absolute Gasteiger partial charge is 0.297 e. The van der Waals surface area contributed by atoms with E-state index < -0.39 is 0 Å². The number of aliphatic imine (C=N–C) groups is 1. The van der Waals surface area contributed by atoms with E-state index >= 15 is 0 Å². The molecular formula is C34H24N4.